The Labute approximate surface area is 258 Å². The highest BCUT2D eigenvalue weighted by Gasteiger charge is 2.35. The zero-order chi connectivity index (χ0) is 31.2. The Morgan fingerprint density at radius 2 is 1.95 bits per heavy atom. The second-order valence-electron chi connectivity index (χ2n) is 12.0. The first-order chi connectivity index (χ1) is 21.0. The lowest BCUT2D eigenvalue weighted by Gasteiger charge is -2.34. The van der Waals surface area contributed by atoms with Crippen molar-refractivity contribution in [3.63, 3.8) is 0 Å². The maximum atomic E-state index is 14.0. The Kier molecular flexibility index (Phi) is 8.27. The predicted octanol–water partition coefficient (Wildman–Crippen LogP) is 6.20. The van der Waals surface area contributed by atoms with Gasteiger partial charge in [-0.1, -0.05) is 11.6 Å². The number of hydrogen-bond acceptors (Lipinski definition) is 7. The van der Waals surface area contributed by atoms with Gasteiger partial charge in [0, 0.05) is 53.2 Å². The monoisotopic (exact) mass is 622 g/mol. The van der Waals surface area contributed by atoms with E-state index in [0.29, 0.717) is 67.2 Å². The van der Waals surface area contributed by atoms with E-state index in [2.05, 4.69) is 9.88 Å². The summed E-state index contributed by atoms with van der Waals surface area (Å²) in [6.45, 7) is 7.15. The van der Waals surface area contributed by atoms with E-state index < -0.39 is 11.9 Å². The molecule has 1 aliphatic carbocycles. The lowest BCUT2D eigenvalue weighted by molar-refractivity contribution is -0.0142. The Morgan fingerprint density at radius 3 is 2.75 bits per heavy atom. The first kappa shape index (κ1) is 30.3. The van der Waals surface area contributed by atoms with Crippen LogP contribution in [0.3, 0.4) is 0 Å². The smallest absolute Gasteiger partial charge is 0.338 e. The van der Waals surface area contributed by atoms with Crippen LogP contribution in [-0.2, 0) is 19.4 Å². The summed E-state index contributed by atoms with van der Waals surface area (Å²) in [6.07, 6.45) is 2.25. The van der Waals surface area contributed by atoms with Gasteiger partial charge in [0.05, 0.1) is 28.0 Å². The van der Waals surface area contributed by atoms with E-state index in [1.807, 2.05) is 45.0 Å². The number of carboxylic acid groups (broad SMARTS) is 1. The molecule has 232 valence electrons. The van der Waals surface area contributed by atoms with Gasteiger partial charge in [-0.2, -0.15) is 0 Å². The van der Waals surface area contributed by atoms with Gasteiger partial charge in [-0.15, -0.1) is 11.3 Å². The van der Waals surface area contributed by atoms with Crippen LogP contribution in [0.25, 0.3) is 21.3 Å². The average Bonchev–Trinajstić information content (AvgIpc) is 3.32. The number of hydrogen-bond donors (Lipinski definition) is 1. The molecular formula is C33H36F2N4O4S. The number of fused-ring (bicyclic) bond motifs is 2. The highest BCUT2D eigenvalue weighted by molar-refractivity contribution is 7.18. The Balaban J connectivity index is 1.23. The van der Waals surface area contributed by atoms with Crippen molar-refractivity contribution in [2.45, 2.75) is 77.8 Å². The molecule has 0 unspecified atom stereocenters. The van der Waals surface area contributed by atoms with Crippen LogP contribution in [0, 0.1) is 20.8 Å². The van der Waals surface area contributed by atoms with Gasteiger partial charge in [0.1, 0.15) is 18.2 Å². The standard InChI is InChI=1S/C33H36F2N4O4S/c1-19-5-8-28(23(15-19)24-16-20(2)36-29-26(32(41)42)18-44-30(24)29)43-14-13-39-21(3)37-27-7-6-22(17-25(27)31(39)40)38-11-4-9-33(34,35)10-12-38/h5,8,15-16,18,22H,4,6-7,9-14,17H2,1-3H3,(H,41,42)/t22-/m1/s1. The number of halogens is 2. The van der Waals surface area contributed by atoms with Gasteiger partial charge in [-0.3, -0.25) is 19.2 Å². The van der Waals surface area contributed by atoms with Gasteiger partial charge in [-0.25, -0.2) is 18.6 Å². The first-order valence-electron chi connectivity index (χ1n) is 15.1. The zero-order valence-corrected chi connectivity index (χ0v) is 26.0. The van der Waals surface area contributed by atoms with Crippen LogP contribution in [0.1, 0.15) is 64.4 Å². The molecular weight excluding hydrogens is 586 g/mol. The number of aryl methyl sites for hydroxylation is 4. The number of benzene rings is 1. The fourth-order valence-electron chi connectivity index (χ4n) is 6.55. The Hall–Kier alpha value is -3.70. The summed E-state index contributed by atoms with van der Waals surface area (Å²) in [4.78, 5) is 36.9. The normalized spacial score (nSPS) is 18.6. The molecule has 2 aliphatic rings. The molecule has 1 N–H and O–H groups in total. The molecule has 6 rings (SSSR count). The van der Waals surface area contributed by atoms with E-state index in [-0.39, 0.29) is 36.6 Å². The van der Waals surface area contributed by atoms with E-state index >= 15 is 0 Å². The number of aromatic carboxylic acids is 1. The van der Waals surface area contributed by atoms with Crippen molar-refractivity contribution in [1.82, 2.24) is 19.4 Å². The minimum Gasteiger partial charge on any atom is -0.491 e. The molecule has 44 heavy (non-hydrogen) atoms. The summed E-state index contributed by atoms with van der Waals surface area (Å²) in [5.74, 6) is -2.37. The summed E-state index contributed by atoms with van der Waals surface area (Å²) in [7, 11) is 0. The van der Waals surface area contributed by atoms with Gasteiger partial charge in [0.25, 0.3) is 5.56 Å². The van der Waals surface area contributed by atoms with Crippen LogP contribution >= 0.6 is 11.3 Å². The fraction of sp³-hybridized carbons (Fsp3) is 0.455. The van der Waals surface area contributed by atoms with Gasteiger partial charge in [0.2, 0.25) is 5.92 Å². The highest BCUT2D eigenvalue weighted by atomic mass is 32.1. The van der Waals surface area contributed by atoms with E-state index in [9.17, 15) is 23.5 Å². The van der Waals surface area contributed by atoms with Crippen LogP contribution in [0.15, 0.2) is 34.4 Å². The van der Waals surface area contributed by atoms with Crippen molar-refractivity contribution < 1.29 is 23.4 Å². The van der Waals surface area contributed by atoms with Gasteiger partial charge >= 0.3 is 5.97 Å². The van der Waals surface area contributed by atoms with Crippen LogP contribution < -0.4 is 10.3 Å². The van der Waals surface area contributed by atoms with E-state index in [4.69, 9.17) is 9.72 Å². The van der Waals surface area contributed by atoms with Crippen molar-refractivity contribution in [3.8, 4) is 16.9 Å². The van der Waals surface area contributed by atoms with E-state index in [0.717, 1.165) is 33.5 Å². The third-order valence-electron chi connectivity index (χ3n) is 8.84. The predicted molar refractivity (Wildman–Crippen MR) is 166 cm³/mol. The number of carbonyl (C=O) groups is 1. The van der Waals surface area contributed by atoms with Crippen LogP contribution in [0.5, 0.6) is 5.75 Å². The van der Waals surface area contributed by atoms with Crippen molar-refractivity contribution in [2.75, 3.05) is 19.7 Å². The number of pyridine rings is 1. The van der Waals surface area contributed by atoms with E-state index in [1.165, 1.54) is 11.3 Å². The second kappa shape index (κ2) is 12.0. The molecule has 1 saturated heterocycles. The maximum absolute atomic E-state index is 14.0. The van der Waals surface area contributed by atoms with Gasteiger partial charge in [-0.05, 0) is 71.2 Å². The fourth-order valence-corrected chi connectivity index (χ4v) is 7.56. The number of alkyl halides is 2. The summed E-state index contributed by atoms with van der Waals surface area (Å²) in [5.41, 5.74) is 5.46. The number of carboxylic acids is 1. The summed E-state index contributed by atoms with van der Waals surface area (Å²) < 4.78 is 36.7. The minimum absolute atomic E-state index is 0.0629. The van der Waals surface area contributed by atoms with Crippen LogP contribution in [-0.4, -0.2) is 62.2 Å². The molecule has 1 aromatic carbocycles. The second-order valence-corrected chi connectivity index (χ2v) is 12.9. The van der Waals surface area contributed by atoms with Crippen LogP contribution in [0.2, 0.25) is 0 Å². The minimum atomic E-state index is -2.61. The zero-order valence-electron chi connectivity index (χ0n) is 25.2. The van der Waals surface area contributed by atoms with Crippen molar-refractivity contribution in [3.05, 3.63) is 73.9 Å². The topological polar surface area (TPSA) is 97.6 Å². The SMILES string of the molecule is Cc1ccc(OCCn2c(C)nc3c(c2=O)C[C@H](N2CCCC(F)(F)CC2)CC3)c(-c2cc(C)nc3c(C(=O)O)csc23)c1. The molecule has 8 nitrogen and oxygen atoms in total. The molecule has 1 aliphatic heterocycles. The molecule has 3 aromatic heterocycles. The molecule has 0 spiro atoms. The maximum Gasteiger partial charge on any atom is 0.338 e. The average molecular weight is 623 g/mol. The van der Waals surface area contributed by atoms with Crippen LogP contribution in [0.4, 0.5) is 8.78 Å². The summed E-state index contributed by atoms with van der Waals surface area (Å²) >= 11 is 1.34. The lowest BCUT2D eigenvalue weighted by atomic mass is 9.91. The lowest BCUT2D eigenvalue weighted by Crippen LogP contribution is -2.43. The number of likely N-dealkylation sites (tertiary alicyclic amines) is 1. The molecule has 0 amide bonds. The highest BCUT2D eigenvalue weighted by Crippen LogP contribution is 2.39. The molecule has 1 fully saturated rings. The quantitative estimate of drug-likeness (QED) is 0.262. The summed E-state index contributed by atoms with van der Waals surface area (Å²) in [5, 5.41) is 11.3. The van der Waals surface area contributed by atoms with E-state index in [1.54, 1.807) is 9.95 Å². The number of rotatable bonds is 7. The molecule has 0 saturated carbocycles. The van der Waals surface area contributed by atoms with Gasteiger partial charge < -0.3 is 9.84 Å². The van der Waals surface area contributed by atoms with Crippen molar-refractivity contribution in [2.24, 2.45) is 0 Å². The third-order valence-corrected chi connectivity index (χ3v) is 9.84. The molecule has 4 heterocycles. The first-order valence-corrected chi connectivity index (χ1v) is 16.0. The Bertz CT molecular complexity index is 1800. The molecule has 11 heteroatoms. The number of nitrogens with zero attached hydrogens (tertiary/aromatic N) is 4. The molecule has 1 atom stereocenters. The van der Waals surface area contributed by atoms with Crippen molar-refractivity contribution >= 4 is 27.5 Å². The molecule has 0 bridgehead atoms. The number of thiophene rings is 1. The number of aromatic nitrogens is 3. The largest absolute Gasteiger partial charge is 0.491 e. The number of ether oxygens (including phenoxy) is 1. The molecule has 0 radical (unpaired) electrons. The third kappa shape index (κ3) is 5.99. The summed E-state index contributed by atoms with van der Waals surface area (Å²) in [6, 6.07) is 7.87. The van der Waals surface area contributed by atoms with Gasteiger partial charge in [0.15, 0.2) is 0 Å². The van der Waals surface area contributed by atoms with Crippen molar-refractivity contribution in [1.29, 1.82) is 0 Å². The Morgan fingerprint density at radius 1 is 1.14 bits per heavy atom. The molecule has 4 aromatic rings.